The highest BCUT2D eigenvalue weighted by molar-refractivity contribution is 4.91. The van der Waals surface area contributed by atoms with Crippen molar-refractivity contribution in [2.45, 2.75) is 32.6 Å². The summed E-state index contributed by atoms with van der Waals surface area (Å²) in [5.41, 5.74) is 0. The Morgan fingerprint density at radius 3 is 2.85 bits per heavy atom. The van der Waals surface area contributed by atoms with Crippen molar-refractivity contribution in [2.24, 2.45) is 0 Å². The van der Waals surface area contributed by atoms with Crippen LogP contribution in [-0.2, 0) is 0 Å². The van der Waals surface area contributed by atoms with Crippen molar-refractivity contribution >= 4 is 0 Å². The first-order valence-corrected chi connectivity index (χ1v) is 4.82. The lowest BCUT2D eigenvalue weighted by atomic mass is 10.0. The van der Waals surface area contributed by atoms with Gasteiger partial charge >= 0.3 is 0 Å². The molecule has 1 heterocycles. The van der Waals surface area contributed by atoms with Crippen molar-refractivity contribution in [1.29, 1.82) is 0 Å². The Morgan fingerprint density at radius 1 is 1.46 bits per heavy atom. The normalized spacial score (nSPS) is 13.1. The molecule has 1 atom stereocenters. The van der Waals surface area contributed by atoms with Crippen LogP contribution in [0.1, 0.15) is 38.4 Å². The van der Waals surface area contributed by atoms with E-state index in [1.54, 1.807) is 0 Å². The monoisotopic (exact) mass is 183 g/mol. The molecule has 0 amide bonds. The number of hydrogen-bond acceptors (Lipinski definition) is 4. The third-order valence-corrected chi connectivity index (χ3v) is 2.00. The summed E-state index contributed by atoms with van der Waals surface area (Å²) in [5, 5.41) is 17.4. The number of aromatic amines is 1. The number of hydrogen-bond donors (Lipinski definition) is 2. The smallest absolute Gasteiger partial charge is 0.178 e. The highest BCUT2D eigenvalue weighted by Crippen LogP contribution is 2.14. The van der Waals surface area contributed by atoms with E-state index in [4.69, 9.17) is 0 Å². The number of H-pyrrole nitrogens is 1. The SMILES string of the molecule is CCCC(CNCC)c1nn[nH]n1. The number of aromatic nitrogens is 4. The van der Waals surface area contributed by atoms with Crippen molar-refractivity contribution in [3.05, 3.63) is 5.82 Å². The molecule has 0 fully saturated rings. The maximum atomic E-state index is 4.00. The summed E-state index contributed by atoms with van der Waals surface area (Å²) in [4.78, 5) is 0. The molecule has 0 saturated heterocycles. The lowest BCUT2D eigenvalue weighted by Gasteiger charge is -2.11. The van der Waals surface area contributed by atoms with Gasteiger partial charge in [0.05, 0.1) is 0 Å². The minimum absolute atomic E-state index is 0.392. The van der Waals surface area contributed by atoms with Crippen molar-refractivity contribution in [2.75, 3.05) is 13.1 Å². The summed E-state index contributed by atoms with van der Waals surface area (Å²) < 4.78 is 0. The van der Waals surface area contributed by atoms with Gasteiger partial charge in [-0.2, -0.15) is 5.21 Å². The van der Waals surface area contributed by atoms with E-state index < -0.39 is 0 Å². The first-order chi connectivity index (χ1) is 6.38. The molecule has 0 radical (unpaired) electrons. The van der Waals surface area contributed by atoms with Gasteiger partial charge in [0.1, 0.15) is 0 Å². The van der Waals surface area contributed by atoms with Crippen LogP contribution < -0.4 is 5.32 Å². The van der Waals surface area contributed by atoms with Crippen LogP contribution in [-0.4, -0.2) is 33.7 Å². The van der Waals surface area contributed by atoms with Gasteiger partial charge in [0, 0.05) is 12.5 Å². The minimum Gasteiger partial charge on any atom is -0.316 e. The standard InChI is InChI=1S/C8H17N5/c1-3-5-7(6-9-4-2)8-10-12-13-11-8/h7,9H,3-6H2,1-2H3,(H,10,11,12,13). The number of nitrogens with one attached hydrogen (secondary N) is 2. The number of nitrogens with zero attached hydrogens (tertiary/aromatic N) is 3. The van der Waals surface area contributed by atoms with Crippen LogP contribution in [0.2, 0.25) is 0 Å². The van der Waals surface area contributed by atoms with Crippen molar-refractivity contribution in [1.82, 2.24) is 25.9 Å². The van der Waals surface area contributed by atoms with Gasteiger partial charge in [-0.1, -0.05) is 25.5 Å². The van der Waals surface area contributed by atoms with Gasteiger partial charge in [-0.05, 0) is 13.0 Å². The van der Waals surface area contributed by atoms with Crippen LogP contribution in [0.4, 0.5) is 0 Å². The largest absolute Gasteiger partial charge is 0.316 e. The molecular weight excluding hydrogens is 166 g/mol. The maximum absolute atomic E-state index is 4.00. The average Bonchev–Trinajstić information content (AvgIpc) is 2.65. The fraction of sp³-hybridized carbons (Fsp3) is 0.875. The average molecular weight is 183 g/mol. The first kappa shape index (κ1) is 10.1. The van der Waals surface area contributed by atoms with Crippen molar-refractivity contribution in [3.63, 3.8) is 0 Å². The molecule has 0 aliphatic carbocycles. The minimum atomic E-state index is 0.392. The number of tetrazole rings is 1. The zero-order valence-corrected chi connectivity index (χ0v) is 8.25. The van der Waals surface area contributed by atoms with E-state index in [2.05, 4.69) is 39.8 Å². The van der Waals surface area contributed by atoms with Crippen LogP contribution in [0.15, 0.2) is 0 Å². The predicted octanol–water partition coefficient (Wildman–Crippen LogP) is 0.693. The van der Waals surface area contributed by atoms with Crippen LogP contribution in [0.3, 0.4) is 0 Å². The van der Waals surface area contributed by atoms with E-state index in [1.165, 1.54) is 0 Å². The van der Waals surface area contributed by atoms with Crippen LogP contribution >= 0.6 is 0 Å². The Hall–Kier alpha value is -0.970. The fourth-order valence-electron chi connectivity index (χ4n) is 1.33. The van der Waals surface area contributed by atoms with E-state index in [9.17, 15) is 0 Å². The lowest BCUT2D eigenvalue weighted by molar-refractivity contribution is 0.532. The molecule has 0 bridgehead atoms. The summed E-state index contributed by atoms with van der Waals surface area (Å²) >= 11 is 0. The van der Waals surface area contributed by atoms with Gasteiger partial charge in [0.15, 0.2) is 5.82 Å². The van der Waals surface area contributed by atoms with Crippen molar-refractivity contribution in [3.8, 4) is 0 Å². The molecule has 5 heteroatoms. The van der Waals surface area contributed by atoms with Crippen LogP contribution in [0, 0.1) is 0 Å². The third-order valence-electron chi connectivity index (χ3n) is 2.00. The van der Waals surface area contributed by atoms with Gasteiger partial charge in [-0.15, -0.1) is 10.2 Å². The molecular formula is C8H17N5. The summed E-state index contributed by atoms with van der Waals surface area (Å²) in [6.45, 7) is 6.18. The quantitative estimate of drug-likeness (QED) is 0.681. The molecule has 1 unspecified atom stereocenters. The second-order valence-corrected chi connectivity index (χ2v) is 3.06. The Bertz CT molecular complexity index is 208. The van der Waals surface area contributed by atoms with Crippen LogP contribution in [0.5, 0.6) is 0 Å². The molecule has 0 aliphatic heterocycles. The highest BCUT2D eigenvalue weighted by atomic mass is 15.5. The second-order valence-electron chi connectivity index (χ2n) is 3.06. The molecule has 74 valence electrons. The second kappa shape index (κ2) is 5.64. The predicted molar refractivity (Wildman–Crippen MR) is 50.4 cm³/mol. The molecule has 2 N–H and O–H groups in total. The zero-order valence-electron chi connectivity index (χ0n) is 8.25. The fourth-order valence-corrected chi connectivity index (χ4v) is 1.33. The van der Waals surface area contributed by atoms with E-state index in [0.29, 0.717) is 5.92 Å². The zero-order chi connectivity index (χ0) is 9.52. The molecule has 1 rings (SSSR count). The summed E-state index contributed by atoms with van der Waals surface area (Å²) in [7, 11) is 0. The van der Waals surface area contributed by atoms with Gasteiger partial charge in [-0.25, -0.2) is 0 Å². The molecule has 0 saturated carbocycles. The molecule has 0 aromatic carbocycles. The Labute approximate surface area is 78.3 Å². The summed E-state index contributed by atoms with van der Waals surface area (Å²) in [5.74, 6) is 1.21. The Balaban J connectivity index is 2.47. The van der Waals surface area contributed by atoms with Crippen molar-refractivity contribution < 1.29 is 0 Å². The van der Waals surface area contributed by atoms with Crippen LogP contribution in [0.25, 0.3) is 0 Å². The first-order valence-electron chi connectivity index (χ1n) is 4.82. The molecule has 5 nitrogen and oxygen atoms in total. The highest BCUT2D eigenvalue weighted by Gasteiger charge is 2.13. The molecule has 13 heavy (non-hydrogen) atoms. The lowest BCUT2D eigenvalue weighted by Crippen LogP contribution is -2.22. The Morgan fingerprint density at radius 2 is 2.31 bits per heavy atom. The molecule has 1 aromatic rings. The van der Waals surface area contributed by atoms with E-state index in [0.717, 1.165) is 31.8 Å². The summed E-state index contributed by atoms with van der Waals surface area (Å²) in [6, 6.07) is 0. The Kier molecular flexibility index (Phi) is 4.39. The topological polar surface area (TPSA) is 66.5 Å². The van der Waals surface area contributed by atoms with Gasteiger partial charge in [-0.3, -0.25) is 0 Å². The van der Waals surface area contributed by atoms with Gasteiger partial charge < -0.3 is 5.32 Å². The molecule has 1 aromatic heterocycles. The molecule has 0 aliphatic rings. The number of likely N-dealkylation sites (N-methyl/N-ethyl adjacent to an activating group) is 1. The van der Waals surface area contributed by atoms with E-state index >= 15 is 0 Å². The van der Waals surface area contributed by atoms with E-state index in [-0.39, 0.29) is 0 Å². The van der Waals surface area contributed by atoms with E-state index in [1.807, 2.05) is 0 Å². The number of rotatable bonds is 6. The third kappa shape index (κ3) is 3.10. The van der Waals surface area contributed by atoms with Gasteiger partial charge in [0.2, 0.25) is 0 Å². The maximum Gasteiger partial charge on any atom is 0.178 e. The summed E-state index contributed by atoms with van der Waals surface area (Å²) in [6.07, 6.45) is 2.25. The molecule has 0 spiro atoms. The van der Waals surface area contributed by atoms with Gasteiger partial charge in [0.25, 0.3) is 0 Å².